The van der Waals surface area contributed by atoms with Gasteiger partial charge in [0.15, 0.2) is 0 Å². The molecule has 0 aromatic heterocycles. The number of fused-ring (bicyclic) bond motifs is 2. The fourth-order valence-corrected chi connectivity index (χ4v) is 3.75. The van der Waals surface area contributed by atoms with Gasteiger partial charge in [-0.15, -0.1) is 0 Å². The number of hydrogen-bond donors (Lipinski definition) is 2. The van der Waals surface area contributed by atoms with Crippen molar-refractivity contribution in [3.05, 3.63) is 59.1 Å². The van der Waals surface area contributed by atoms with Crippen LogP contribution in [-0.4, -0.2) is 23.6 Å². The lowest BCUT2D eigenvalue weighted by Crippen LogP contribution is -2.22. The first kappa shape index (κ1) is 15.6. The average Bonchev–Trinajstić information content (AvgIpc) is 3.16. The van der Waals surface area contributed by atoms with Crippen LogP contribution in [0.1, 0.15) is 18.4 Å². The largest absolute Gasteiger partial charge is 0.500 e. The van der Waals surface area contributed by atoms with Crippen LogP contribution in [0.25, 0.3) is 5.57 Å². The number of ether oxygens (including phenoxy) is 1. The lowest BCUT2D eigenvalue weighted by molar-refractivity contribution is -0.137. The van der Waals surface area contributed by atoms with Crippen molar-refractivity contribution >= 4 is 23.1 Å². The summed E-state index contributed by atoms with van der Waals surface area (Å²) >= 11 is 0. The van der Waals surface area contributed by atoms with Gasteiger partial charge in [-0.1, -0.05) is 12.2 Å². The second-order valence-electron chi connectivity index (χ2n) is 6.38. The van der Waals surface area contributed by atoms with Crippen molar-refractivity contribution < 1.29 is 23.8 Å². The fraction of sp³-hybridized carbons (Fsp3) is 0.263. The second kappa shape index (κ2) is 5.88. The third-order valence-electron chi connectivity index (χ3n) is 4.86. The van der Waals surface area contributed by atoms with Gasteiger partial charge in [0.05, 0.1) is 12.9 Å². The number of allylic oxidation sites excluding steroid dienone is 2. The zero-order valence-electron chi connectivity index (χ0n) is 13.3. The minimum absolute atomic E-state index is 0.00393. The van der Waals surface area contributed by atoms with Crippen LogP contribution in [0.4, 0.5) is 10.1 Å². The molecule has 0 saturated heterocycles. The van der Waals surface area contributed by atoms with E-state index in [0.717, 1.165) is 11.1 Å². The van der Waals surface area contributed by atoms with Crippen LogP contribution in [0.5, 0.6) is 0 Å². The summed E-state index contributed by atoms with van der Waals surface area (Å²) in [6.07, 6.45) is 5.87. The molecule has 1 aromatic rings. The number of aliphatic carboxylic acids is 1. The molecule has 0 radical (unpaired) electrons. The van der Waals surface area contributed by atoms with Crippen molar-refractivity contribution in [1.29, 1.82) is 0 Å². The molecule has 6 heteroatoms. The molecule has 0 bridgehead atoms. The van der Waals surface area contributed by atoms with Gasteiger partial charge in [0.2, 0.25) is 0 Å². The number of carboxylic acids is 1. The maximum Gasteiger partial charge on any atom is 0.303 e. The monoisotopic (exact) mass is 341 g/mol. The summed E-state index contributed by atoms with van der Waals surface area (Å²) in [5.74, 6) is -1.89. The van der Waals surface area contributed by atoms with E-state index in [0.29, 0.717) is 29.9 Å². The lowest BCUT2D eigenvalue weighted by atomic mass is 9.74. The molecule has 25 heavy (non-hydrogen) atoms. The van der Waals surface area contributed by atoms with Gasteiger partial charge in [-0.05, 0) is 35.8 Å². The molecule has 5 nitrogen and oxygen atoms in total. The Morgan fingerprint density at radius 1 is 1.40 bits per heavy atom. The van der Waals surface area contributed by atoms with E-state index in [2.05, 4.69) is 5.32 Å². The molecular formula is C19H16FNO4. The number of rotatable bonds is 3. The maximum atomic E-state index is 13.8. The molecule has 2 aliphatic heterocycles. The van der Waals surface area contributed by atoms with Crippen LogP contribution in [0, 0.1) is 17.7 Å². The van der Waals surface area contributed by atoms with Crippen molar-refractivity contribution in [2.45, 2.75) is 12.8 Å². The number of carbonyl (C=O) groups excluding carboxylic acids is 1. The molecule has 2 unspecified atom stereocenters. The fourth-order valence-electron chi connectivity index (χ4n) is 3.75. The predicted molar refractivity (Wildman–Crippen MR) is 89.0 cm³/mol. The molecule has 0 fully saturated rings. The number of benzene rings is 1. The Morgan fingerprint density at radius 2 is 2.24 bits per heavy atom. The van der Waals surface area contributed by atoms with E-state index in [1.54, 1.807) is 12.3 Å². The van der Waals surface area contributed by atoms with Crippen molar-refractivity contribution in [3.63, 3.8) is 0 Å². The Balaban J connectivity index is 1.87. The molecule has 0 saturated carbocycles. The Morgan fingerprint density at radius 3 is 3.04 bits per heavy atom. The molecule has 128 valence electrons. The van der Waals surface area contributed by atoms with Crippen LogP contribution in [0.15, 0.2) is 47.8 Å². The Bertz CT molecular complexity index is 868. The Kier molecular flexibility index (Phi) is 3.67. The second-order valence-corrected chi connectivity index (χ2v) is 6.38. The topological polar surface area (TPSA) is 75.6 Å². The third kappa shape index (κ3) is 2.63. The van der Waals surface area contributed by atoms with Gasteiger partial charge >= 0.3 is 5.97 Å². The summed E-state index contributed by atoms with van der Waals surface area (Å²) in [5.41, 5.74) is 3.31. The van der Waals surface area contributed by atoms with Gasteiger partial charge in [-0.25, -0.2) is 4.39 Å². The van der Waals surface area contributed by atoms with Crippen LogP contribution in [0.3, 0.4) is 0 Å². The zero-order chi connectivity index (χ0) is 17.6. The highest BCUT2D eigenvalue weighted by atomic mass is 19.1. The van der Waals surface area contributed by atoms with E-state index in [9.17, 15) is 14.0 Å². The molecule has 2 N–H and O–H groups in total. The number of hydrogen-bond acceptors (Lipinski definition) is 3. The van der Waals surface area contributed by atoms with Crippen LogP contribution < -0.4 is 5.32 Å². The zero-order valence-corrected chi connectivity index (χ0v) is 13.3. The number of carbonyl (C=O) groups is 2. The van der Waals surface area contributed by atoms with Gasteiger partial charge in [0, 0.05) is 35.1 Å². The van der Waals surface area contributed by atoms with Gasteiger partial charge in [0.25, 0.3) is 5.91 Å². The predicted octanol–water partition coefficient (Wildman–Crippen LogP) is 3.11. The normalized spacial score (nSPS) is 26.6. The van der Waals surface area contributed by atoms with E-state index in [1.165, 1.54) is 12.1 Å². The molecule has 2 atom stereocenters. The number of halogens is 1. The van der Waals surface area contributed by atoms with Gasteiger partial charge in [-0.2, -0.15) is 0 Å². The first-order chi connectivity index (χ1) is 12.0. The molecule has 4 rings (SSSR count). The highest BCUT2D eigenvalue weighted by Gasteiger charge is 2.38. The van der Waals surface area contributed by atoms with Crippen molar-refractivity contribution in [2.24, 2.45) is 11.8 Å². The summed E-state index contributed by atoms with van der Waals surface area (Å²) in [4.78, 5) is 23.6. The molecular weight excluding hydrogens is 325 g/mol. The standard InChI is InChI=1S/C19H16FNO4/c20-12-4-5-15-13(7-12)18(19(24)21-15)17-10(3-6-16(22)23)1-2-11-8-25-9-14(11)17/h1-2,4-5,7-8,10,14H,3,6,9H2,(H,21,24)(H,22,23). The van der Waals surface area contributed by atoms with Gasteiger partial charge in [-0.3, -0.25) is 9.59 Å². The minimum Gasteiger partial charge on any atom is -0.500 e. The van der Waals surface area contributed by atoms with Crippen LogP contribution in [-0.2, 0) is 14.3 Å². The van der Waals surface area contributed by atoms with E-state index in [4.69, 9.17) is 9.84 Å². The van der Waals surface area contributed by atoms with Gasteiger partial charge < -0.3 is 15.2 Å². The van der Waals surface area contributed by atoms with E-state index in [-0.39, 0.29) is 24.2 Å². The van der Waals surface area contributed by atoms with Crippen LogP contribution >= 0.6 is 0 Å². The smallest absolute Gasteiger partial charge is 0.303 e. The highest BCUT2D eigenvalue weighted by Crippen LogP contribution is 2.46. The maximum absolute atomic E-state index is 13.8. The third-order valence-corrected chi connectivity index (χ3v) is 4.86. The molecule has 2 heterocycles. The summed E-state index contributed by atoms with van der Waals surface area (Å²) in [5, 5.41) is 11.8. The van der Waals surface area contributed by atoms with E-state index >= 15 is 0 Å². The first-order valence-electron chi connectivity index (χ1n) is 8.11. The molecule has 1 aromatic carbocycles. The lowest BCUT2D eigenvalue weighted by Gasteiger charge is -2.28. The number of nitrogens with one attached hydrogen (secondary N) is 1. The number of amides is 1. The van der Waals surface area contributed by atoms with E-state index < -0.39 is 11.8 Å². The molecule has 1 amide bonds. The SMILES string of the molecule is O=C(O)CCC1C=CC2=COCC2C1=C1C(=O)Nc2ccc(F)cc21. The first-order valence-corrected chi connectivity index (χ1v) is 8.11. The quantitative estimate of drug-likeness (QED) is 0.829. The molecule has 0 spiro atoms. The van der Waals surface area contributed by atoms with Crippen molar-refractivity contribution in [2.75, 3.05) is 11.9 Å². The minimum atomic E-state index is -0.885. The van der Waals surface area contributed by atoms with Crippen LogP contribution in [0.2, 0.25) is 0 Å². The summed E-state index contributed by atoms with van der Waals surface area (Å²) in [6, 6.07) is 4.20. The average molecular weight is 341 g/mol. The molecule has 1 aliphatic carbocycles. The van der Waals surface area contributed by atoms with Gasteiger partial charge in [0.1, 0.15) is 5.82 Å². The summed E-state index contributed by atoms with van der Waals surface area (Å²) in [6.45, 7) is 0.403. The van der Waals surface area contributed by atoms with E-state index in [1.807, 2.05) is 12.2 Å². The summed E-state index contributed by atoms with van der Waals surface area (Å²) in [7, 11) is 0. The van der Waals surface area contributed by atoms with Crippen molar-refractivity contribution in [1.82, 2.24) is 0 Å². The highest BCUT2D eigenvalue weighted by molar-refractivity contribution is 6.32. The number of anilines is 1. The summed E-state index contributed by atoms with van der Waals surface area (Å²) < 4.78 is 19.2. The molecule has 3 aliphatic rings. The Labute approximate surface area is 143 Å². The number of carboxylic acid groups (broad SMARTS) is 1. The Hall–Kier alpha value is -2.89. The van der Waals surface area contributed by atoms with Crippen molar-refractivity contribution in [3.8, 4) is 0 Å².